The number of aromatic amines is 1. The number of benzene rings is 2. The SMILES string of the molecule is NCC(CN)CC(N)C(=O)N[C@H](CCc1ccccc1)C(=O)Nc1c[nH+]c2ccccc2c1. The lowest BCUT2D eigenvalue weighted by molar-refractivity contribution is -0.343. The number of nitrogens with two attached hydrogens (primary N) is 3. The number of hydrogen-bond donors (Lipinski definition) is 5. The zero-order valence-corrected chi connectivity index (χ0v) is 18.7. The third kappa shape index (κ3) is 7.08. The van der Waals surface area contributed by atoms with E-state index in [4.69, 9.17) is 17.2 Å². The third-order valence-corrected chi connectivity index (χ3v) is 5.71. The molecular weight excluding hydrogens is 416 g/mol. The van der Waals surface area contributed by atoms with Crippen molar-refractivity contribution in [1.29, 1.82) is 0 Å². The van der Waals surface area contributed by atoms with E-state index in [1.807, 2.05) is 60.7 Å². The summed E-state index contributed by atoms with van der Waals surface area (Å²) >= 11 is 0. The lowest BCUT2D eigenvalue weighted by Crippen LogP contribution is -2.51. The van der Waals surface area contributed by atoms with Gasteiger partial charge >= 0.3 is 0 Å². The maximum Gasteiger partial charge on any atom is 0.247 e. The molecule has 1 aromatic heterocycles. The molecule has 2 atom stereocenters. The van der Waals surface area contributed by atoms with Crippen LogP contribution in [0.15, 0.2) is 66.9 Å². The Bertz CT molecular complexity index is 1050. The average Bonchev–Trinajstić information content (AvgIpc) is 2.85. The van der Waals surface area contributed by atoms with E-state index in [-0.39, 0.29) is 17.7 Å². The van der Waals surface area contributed by atoms with Gasteiger partial charge in [0.15, 0.2) is 6.20 Å². The van der Waals surface area contributed by atoms with Gasteiger partial charge in [-0.15, -0.1) is 0 Å². The Hall–Kier alpha value is -3.33. The van der Waals surface area contributed by atoms with E-state index in [1.54, 1.807) is 6.20 Å². The summed E-state index contributed by atoms with van der Waals surface area (Å²) in [5, 5.41) is 6.71. The number of fused-ring (bicyclic) bond motifs is 1. The number of para-hydroxylation sites is 1. The van der Waals surface area contributed by atoms with Gasteiger partial charge in [-0.25, -0.2) is 4.98 Å². The van der Waals surface area contributed by atoms with Gasteiger partial charge in [-0.05, 0) is 56.0 Å². The van der Waals surface area contributed by atoms with Crippen molar-refractivity contribution in [2.75, 3.05) is 18.4 Å². The molecule has 1 heterocycles. The van der Waals surface area contributed by atoms with E-state index in [9.17, 15) is 9.59 Å². The van der Waals surface area contributed by atoms with Crippen molar-refractivity contribution >= 4 is 28.4 Å². The topological polar surface area (TPSA) is 150 Å². The summed E-state index contributed by atoms with van der Waals surface area (Å²) in [5.41, 5.74) is 20.1. The molecule has 2 aromatic carbocycles. The van der Waals surface area contributed by atoms with Crippen LogP contribution in [0.2, 0.25) is 0 Å². The maximum absolute atomic E-state index is 13.1. The Kier molecular flexibility index (Phi) is 8.88. The van der Waals surface area contributed by atoms with Gasteiger partial charge in [-0.1, -0.05) is 42.5 Å². The Morgan fingerprint density at radius 3 is 2.36 bits per heavy atom. The molecule has 2 amide bonds. The normalized spacial score (nSPS) is 13.0. The van der Waals surface area contributed by atoms with Crippen LogP contribution in [-0.2, 0) is 16.0 Å². The number of aryl methyl sites for hydroxylation is 1. The number of anilines is 1. The summed E-state index contributed by atoms with van der Waals surface area (Å²) in [5.74, 6) is -0.736. The molecule has 0 radical (unpaired) electrons. The standard InChI is InChI=1S/C25H32N6O2/c26-14-18(15-27)12-21(28)24(32)31-23(11-10-17-6-2-1-3-7-17)25(33)30-20-13-19-8-4-5-9-22(19)29-16-20/h1-9,13,16,18,21,23H,10-12,14-15,26-28H2,(H,30,33)(H,31,32)/p+1/t21?,23-/m1/s1. The molecule has 0 saturated carbocycles. The third-order valence-electron chi connectivity index (χ3n) is 5.71. The van der Waals surface area contributed by atoms with Crippen molar-refractivity contribution in [2.24, 2.45) is 23.1 Å². The van der Waals surface area contributed by atoms with E-state index in [1.165, 1.54) is 0 Å². The summed E-state index contributed by atoms with van der Waals surface area (Å²) in [4.78, 5) is 29.1. The molecule has 8 nitrogen and oxygen atoms in total. The van der Waals surface area contributed by atoms with Gasteiger partial charge in [0.1, 0.15) is 11.7 Å². The zero-order chi connectivity index (χ0) is 23.6. The molecule has 1 unspecified atom stereocenters. The van der Waals surface area contributed by atoms with Gasteiger partial charge in [-0.2, -0.15) is 0 Å². The van der Waals surface area contributed by atoms with Crippen LogP contribution < -0.4 is 32.8 Å². The lowest BCUT2D eigenvalue weighted by atomic mass is 9.99. The Balaban J connectivity index is 1.71. The molecule has 3 rings (SSSR count). The van der Waals surface area contributed by atoms with Crippen LogP contribution in [0.25, 0.3) is 10.9 Å². The second kappa shape index (κ2) is 12.1. The van der Waals surface area contributed by atoms with Crippen LogP contribution in [0, 0.1) is 5.92 Å². The van der Waals surface area contributed by atoms with Crippen LogP contribution in [0.3, 0.4) is 0 Å². The predicted octanol–water partition coefficient (Wildman–Crippen LogP) is 0.961. The quantitative estimate of drug-likeness (QED) is 0.295. The minimum atomic E-state index is -0.789. The van der Waals surface area contributed by atoms with Crippen molar-refractivity contribution in [3.63, 3.8) is 0 Å². The number of amides is 2. The molecular formula is C25H33N6O2+. The van der Waals surface area contributed by atoms with Crippen molar-refractivity contribution in [3.05, 3.63) is 72.4 Å². The highest BCUT2D eigenvalue weighted by Gasteiger charge is 2.25. The molecule has 174 valence electrons. The number of carbonyl (C=O) groups excluding carboxylic acids is 2. The molecule has 0 saturated heterocycles. The van der Waals surface area contributed by atoms with Crippen molar-refractivity contribution < 1.29 is 14.6 Å². The number of aromatic nitrogens is 1. The van der Waals surface area contributed by atoms with Gasteiger partial charge in [0.05, 0.1) is 6.04 Å². The molecule has 9 N–H and O–H groups in total. The first kappa shape index (κ1) is 24.3. The number of H-pyrrole nitrogens is 1. The summed E-state index contributed by atoms with van der Waals surface area (Å²) in [6.45, 7) is 0.710. The van der Waals surface area contributed by atoms with E-state index >= 15 is 0 Å². The summed E-state index contributed by atoms with van der Waals surface area (Å²) in [7, 11) is 0. The Morgan fingerprint density at radius 1 is 0.939 bits per heavy atom. The molecule has 0 bridgehead atoms. The van der Waals surface area contributed by atoms with E-state index in [0.29, 0.717) is 38.0 Å². The second-order valence-electron chi connectivity index (χ2n) is 8.23. The first-order valence-electron chi connectivity index (χ1n) is 11.2. The molecule has 0 spiro atoms. The Morgan fingerprint density at radius 2 is 1.64 bits per heavy atom. The molecule has 3 aromatic rings. The van der Waals surface area contributed by atoms with Crippen LogP contribution in [0.5, 0.6) is 0 Å². The van der Waals surface area contributed by atoms with Crippen molar-refractivity contribution in [1.82, 2.24) is 5.32 Å². The molecule has 8 heteroatoms. The van der Waals surface area contributed by atoms with Gasteiger partial charge in [0, 0.05) is 11.5 Å². The number of pyridine rings is 1. The summed E-state index contributed by atoms with van der Waals surface area (Å²) in [6, 6.07) is 18.0. The minimum Gasteiger partial charge on any atom is -0.343 e. The molecule has 0 aliphatic carbocycles. The van der Waals surface area contributed by atoms with E-state index in [2.05, 4.69) is 15.6 Å². The first-order valence-corrected chi connectivity index (χ1v) is 11.2. The van der Waals surface area contributed by atoms with E-state index in [0.717, 1.165) is 16.5 Å². The van der Waals surface area contributed by atoms with E-state index < -0.39 is 12.1 Å². The summed E-state index contributed by atoms with van der Waals surface area (Å²) in [6.07, 6.45) is 3.16. The molecule has 0 aliphatic rings. The fraction of sp³-hybridized carbons (Fsp3) is 0.320. The van der Waals surface area contributed by atoms with Crippen LogP contribution in [-0.4, -0.2) is 37.0 Å². The van der Waals surface area contributed by atoms with Crippen molar-refractivity contribution in [3.8, 4) is 0 Å². The molecule has 0 aliphatic heterocycles. The smallest absolute Gasteiger partial charge is 0.247 e. The highest BCUT2D eigenvalue weighted by Crippen LogP contribution is 2.15. The maximum atomic E-state index is 13.1. The second-order valence-corrected chi connectivity index (χ2v) is 8.23. The van der Waals surface area contributed by atoms with Gasteiger partial charge in [0.2, 0.25) is 17.3 Å². The Labute approximate surface area is 193 Å². The molecule has 0 fully saturated rings. The lowest BCUT2D eigenvalue weighted by Gasteiger charge is -2.22. The first-order chi connectivity index (χ1) is 16.0. The summed E-state index contributed by atoms with van der Waals surface area (Å²) < 4.78 is 0. The number of carbonyl (C=O) groups is 2. The largest absolute Gasteiger partial charge is 0.343 e. The van der Waals surface area contributed by atoms with Crippen molar-refractivity contribution in [2.45, 2.75) is 31.3 Å². The van der Waals surface area contributed by atoms with Crippen LogP contribution in [0.4, 0.5) is 5.69 Å². The zero-order valence-electron chi connectivity index (χ0n) is 18.7. The van der Waals surface area contributed by atoms with Crippen LogP contribution in [0.1, 0.15) is 18.4 Å². The van der Waals surface area contributed by atoms with Gasteiger partial charge < -0.3 is 27.8 Å². The van der Waals surface area contributed by atoms with Crippen LogP contribution >= 0.6 is 0 Å². The molecule has 33 heavy (non-hydrogen) atoms. The number of hydrogen-bond acceptors (Lipinski definition) is 5. The minimum absolute atomic E-state index is 0.0458. The highest BCUT2D eigenvalue weighted by molar-refractivity contribution is 5.98. The fourth-order valence-corrected chi connectivity index (χ4v) is 3.68. The van der Waals surface area contributed by atoms with Gasteiger partial charge in [-0.3, -0.25) is 9.59 Å². The average molecular weight is 450 g/mol. The van der Waals surface area contributed by atoms with Gasteiger partial charge in [0.25, 0.3) is 0 Å². The number of nitrogens with one attached hydrogen (secondary N) is 3. The fourth-order valence-electron chi connectivity index (χ4n) is 3.68. The predicted molar refractivity (Wildman–Crippen MR) is 130 cm³/mol. The number of rotatable bonds is 11. The highest BCUT2D eigenvalue weighted by atomic mass is 16.2. The monoisotopic (exact) mass is 449 g/mol.